The number of hydrogen-bond donors (Lipinski definition) is 2. The number of carbonyl (C=O) groups is 4. The largest absolute Gasteiger partial charge is 0.511 e. The fourth-order valence-electron chi connectivity index (χ4n) is 3.62. The molecule has 2 aliphatic rings. The van der Waals surface area contributed by atoms with Crippen LogP contribution >= 0.6 is 11.8 Å². The van der Waals surface area contributed by atoms with Gasteiger partial charge in [-0.2, -0.15) is 0 Å². The summed E-state index contributed by atoms with van der Waals surface area (Å²) in [7, 11) is 0. The molecule has 0 bridgehead atoms. The maximum Gasteiger partial charge on any atom is 0.511 e. The van der Waals surface area contributed by atoms with E-state index in [1.807, 2.05) is 6.07 Å². The summed E-state index contributed by atoms with van der Waals surface area (Å²) in [4.78, 5) is 50.8. The lowest BCUT2D eigenvalue weighted by Crippen LogP contribution is -2.71. The molecular formula is C21H27N3O7S. The number of thioether (sulfide) groups is 1. The van der Waals surface area contributed by atoms with E-state index in [1.165, 1.54) is 16.7 Å². The Bertz CT molecular complexity index is 893. The van der Waals surface area contributed by atoms with Crippen LogP contribution in [0, 0.1) is 0 Å². The van der Waals surface area contributed by atoms with Gasteiger partial charge < -0.3 is 30.2 Å². The smallest absolute Gasteiger partial charge is 0.431 e. The zero-order valence-corrected chi connectivity index (χ0v) is 19.1. The first kappa shape index (κ1) is 23.9. The maximum absolute atomic E-state index is 12.8. The lowest BCUT2D eigenvalue weighted by molar-refractivity contribution is -0.170. The number of ether oxygens (including phenoxy) is 3. The van der Waals surface area contributed by atoms with E-state index in [1.54, 1.807) is 52.0 Å². The number of hydrogen-bond acceptors (Lipinski definition) is 9. The van der Waals surface area contributed by atoms with Crippen molar-refractivity contribution >= 4 is 35.7 Å². The molecule has 174 valence electrons. The molecule has 2 fully saturated rings. The van der Waals surface area contributed by atoms with Crippen molar-refractivity contribution in [2.24, 2.45) is 5.73 Å². The SMILES string of the molecule is CC(C)OC(=O)OCOC(=O)[C@@H]1N2C(=O)[C@@H](NC(=O)C(N)c3ccccc3)[C@H]2SC1(C)C. The first-order valence-corrected chi connectivity index (χ1v) is 11.0. The van der Waals surface area contributed by atoms with Crippen LogP contribution in [-0.4, -0.2) is 63.9 Å². The van der Waals surface area contributed by atoms with Crippen molar-refractivity contribution in [2.45, 2.75) is 62.0 Å². The standard InChI is InChI=1S/C21H27N3O7S/c1-11(2)31-20(28)30-10-29-19(27)15-21(3,4)32-18-14(17(26)24(15)18)23-16(25)13(22)12-8-6-5-7-9-12/h5-9,11,13-15,18H,10,22H2,1-4H3,(H,23,25)/t13?,14-,15+,18-/m1/s1. The maximum atomic E-state index is 12.8. The number of β-lactam (4-membered cyclic amide) rings is 1. The Hall–Kier alpha value is -2.79. The molecule has 2 amide bonds. The summed E-state index contributed by atoms with van der Waals surface area (Å²) >= 11 is 1.38. The number of rotatable bonds is 7. The first-order valence-electron chi connectivity index (χ1n) is 10.1. The van der Waals surface area contributed by atoms with E-state index in [0.717, 1.165) is 0 Å². The highest BCUT2D eigenvalue weighted by Gasteiger charge is 2.64. The second-order valence-electron chi connectivity index (χ2n) is 8.28. The van der Waals surface area contributed by atoms with Crippen molar-refractivity contribution in [1.29, 1.82) is 0 Å². The Balaban J connectivity index is 1.59. The van der Waals surface area contributed by atoms with Crippen LogP contribution in [0.2, 0.25) is 0 Å². The van der Waals surface area contributed by atoms with Gasteiger partial charge in [-0.05, 0) is 33.3 Å². The van der Waals surface area contributed by atoms with Crippen LogP contribution in [0.5, 0.6) is 0 Å². The van der Waals surface area contributed by atoms with Gasteiger partial charge >= 0.3 is 12.1 Å². The topological polar surface area (TPSA) is 137 Å². The Labute approximate surface area is 190 Å². The second-order valence-corrected chi connectivity index (χ2v) is 10.0. The number of amides is 2. The fourth-order valence-corrected chi connectivity index (χ4v) is 5.24. The fraction of sp³-hybridized carbons (Fsp3) is 0.524. The van der Waals surface area contributed by atoms with Crippen molar-refractivity contribution in [2.75, 3.05) is 6.79 Å². The van der Waals surface area contributed by atoms with Crippen molar-refractivity contribution in [3.63, 3.8) is 0 Å². The number of nitrogens with one attached hydrogen (secondary N) is 1. The molecule has 1 aromatic rings. The molecule has 1 aromatic carbocycles. The van der Waals surface area contributed by atoms with Gasteiger partial charge in [-0.15, -0.1) is 11.8 Å². The third-order valence-corrected chi connectivity index (χ3v) is 6.68. The summed E-state index contributed by atoms with van der Waals surface area (Å²) in [6.45, 7) is 6.29. The lowest BCUT2D eigenvalue weighted by Gasteiger charge is -2.44. The molecule has 0 aliphatic carbocycles. The van der Waals surface area contributed by atoms with Crippen molar-refractivity contribution in [1.82, 2.24) is 10.2 Å². The minimum absolute atomic E-state index is 0.370. The Morgan fingerprint density at radius 3 is 2.47 bits per heavy atom. The highest BCUT2D eigenvalue weighted by molar-refractivity contribution is 8.01. The van der Waals surface area contributed by atoms with Crippen LogP contribution in [0.1, 0.15) is 39.3 Å². The van der Waals surface area contributed by atoms with Crippen molar-refractivity contribution in [3.8, 4) is 0 Å². The molecule has 10 nitrogen and oxygen atoms in total. The van der Waals surface area contributed by atoms with E-state index in [2.05, 4.69) is 5.32 Å². The predicted molar refractivity (Wildman–Crippen MR) is 115 cm³/mol. The van der Waals surface area contributed by atoms with Gasteiger partial charge in [0.05, 0.1) is 6.10 Å². The minimum Gasteiger partial charge on any atom is -0.431 e. The lowest BCUT2D eigenvalue weighted by atomic mass is 9.95. The molecule has 2 saturated heterocycles. The van der Waals surface area contributed by atoms with Gasteiger partial charge in [-0.1, -0.05) is 30.3 Å². The number of benzene rings is 1. The first-order chi connectivity index (χ1) is 15.0. The highest BCUT2D eigenvalue weighted by Crippen LogP contribution is 2.51. The molecular weight excluding hydrogens is 438 g/mol. The van der Waals surface area contributed by atoms with Gasteiger partial charge in [0.1, 0.15) is 23.5 Å². The normalized spacial score (nSPS) is 24.2. The molecule has 4 atom stereocenters. The summed E-state index contributed by atoms with van der Waals surface area (Å²) in [6.07, 6.45) is -1.33. The summed E-state index contributed by atoms with van der Waals surface area (Å²) in [5.74, 6) is -1.58. The number of carbonyl (C=O) groups excluding carboxylic acids is 4. The Kier molecular flexibility index (Phi) is 6.99. The van der Waals surface area contributed by atoms with Gasteiger partial charge in [0.25, 0.3) is 0 Å². The predicted octanol–water partition coefficient (Wildman–Crippen LogP) is 1.30. The molecule has 3 rings (SSSR count). The van der Waals surface area contributed by atoms with Gasteiger partial charge in [0, 0.05) is 4.75 Å². The second kappa shape index (κ2) is 9.37. The van der Waals surface area contributed by atoms with Crippen LogP contribution in [0.15, 0.2) is 30.3 Å². The van der Waals surface area contributed by atoms with Gasteiger partial charge in [-0.25, -0.2) is 9.59 Å². The molecule has 0 spiro atoms. The van der Waals surface area contributed by atoms with Gasteiger partial charge in [0.15, 0.2) is 0 Å². The average Bonchev–Trinajstić information content (AvgIpc) is 2.99. The summed E-state index contributed by atoms with van der Waals surface area (Å²) < 4.78 is 13.9. The quantitative estimate of drug-likeness (QED) is 0.347. The molecule has 0 aromatic heterocycles. The molecule has 2 aliphatic heterocycles. The van der Waals surface area contributed by atoms with E-state index in [4.69, 9.17) is 19.9 Å². The minimum atomic E-state index is -0.955. The number of esters is 1. The number of nitrogens with zero attached hydrogens (tertiary/aromatic N) is 1. The monoisotopic (exact) mass is 465 g/mol. The van der Waals surface area contributed by atoms with Crippen LogP contribution in [0.4, 0.5) is 4.79 Å². The highest BCUT2D eigenvalue weighted by atomic mass is 32.2. The van der Waals surface area contributed by atoms with Crippen molar-refractivity contribution in [3.05, 3.63) is 35.9 Å². The zero-order chi connectivity index (χ0) is 23.6. The molecule has 3 N–H and O–H groups in total. The van der Waals surface area contributed by atoms with E-state index >= 15 is 0 Å². The van der Waals surface area contributed by atoms with Gasteiger partial charge in [0.2, 0.25) is 18.6 Å². The Morgan fingerprint density at radius 1 is 1.19 bits per heavy atom. The summed E-state index contributed by atoms with van der Waals surface area (Å²) in [5, 5.41) is 2.26. The van der Waals surface area contributed by atoms with E-state index in [0.29, 0.717) is 5.56 Å². The molecule has 0 saturated carbocycles. The van der Waals surface area contributed by atoms with Crippen molar-refractivity contribution < 1.29 is 33.4 Å². The van der Waals surface area contributed by atoms with Crippen LogP contribution < -0.4 is 11.1 Å². The van der Waals surface area contributed by atoms with Crippen LogP contribution in [0.25, 0.3) is 0 Å². The zero-order valence-electron chi connectivity index (χ0n) is 18.3. The van der Waals surface area contributed by atoms with Gasteiger partial charge in [-0.3, -0.25) is 9.59 Å². The van der Waals surface area contributed by atoms with E-state index in [9.17, 15) is 19.2 Å². The molecule has 11 heteroatoms. The molecule has 0 radical (unpaired) electrons. The van der Waals surface area contributed by atoms with Crippen LogP contribution in [-0.2, 0) is 28.6 Å². The molecule has 32 heavy (non-hydrogen) atoms. The third kappa shape index (κ3) is 4.83. The average molecular weight is 466 g/mol. The summed E-state index contributed by atoms with van der Waals surface area (Å²) in [6, 6.07) is 6.22. The number of nitrogens with two attached hydrogens (primary N) is 1. The van der Waals surface area contributed by atoms with E-state index in [-0.39, 0.29) is 6.10 Å². The molecule has 1 unspecified atom stereocenters. The Morgan fingerprint density at radius 2 is 1.84 bits per heavy atom. The summed E-state index contributed by atoms with van der Waals surface area (Å²) in [5.41, 5.74) is 6.65. The third-order valence-electron chi connectivity index (χ3n) is 5.11. The van der Waals surface area contributed by atoms with Crippen LogP contribution in [0.3, 0.4) is 0 Å². The molecule has 2 heterocycles. The number of fused-ring (bicyclic) bond motifs is 1. The van der Waals surface area contributed by atoms with E-state index < -0.39 is 59.0 Å².